The Morgan fingerprint density at radius 2 is 1.74 bits per heavy atom. The van der Waals surface area contributed by atoms with Crippen molar-refractivity contribution >= 4 is 27.5 Å². The maximum atomic E-state index is 14.6. The molecule has 0 spiro atoms. The molecule has 38 heavy (non-hydrogen) atoms. The third-order valence-corrected chi connectivity index (χ3v) is 6.52. The van der Waals surface area contributed by atoms with E-state index in [1.54, 1.807) is 24.7 Å². The highest BCUT2D eigenvalue weighted by Gasteiger charge is 2.15. The molecule has 0 saturated carbocycles. The van der Waals surface area contributed by atoms with E-state index in [0.29, 0.717) is 6.54 Å². The van der Waals surface area contributed by atoms with Crippen molar-refractivity contribution in [1.82, 2.24) is 30.0 Å². The van der Waals surface area contributed by atoms with Crippen molar-refractivity contribution in [3.63, 3.8) is 0 Å². The van der Waals surface area contributed by atoms with Gasteiger partial charge in [-0.2, -0.15) is 5.10 Å². The van der Waals surface area contributed by atoms with Crippen molar-refractivity contribution in [3.05, 3.63) is 79.1 Å². The van der Waals surface area contributed by atoms with Crippen LogP contribution < -0.4 is 5.32 Å². The molecule has 0 radical (unpaired) electrons. The van der Waals surface area contributed by atoms with Gasteiger partial charge in [-0.25, -0.2) is 4.39 Å². The van der Waals surface area contributed by atoms with Crippen molar-refractivity contribution in [2.75, 3.05) is 32.5 Å². The molecule has 2 aromatic carbocycles. The lowest BCUT2D eigenvalue weighted by Gasteiger charge is -2.13. The molecule has 4 heterocycles. The fraction of sp³-hybridized carbons (Fsp3) is 0.138. The minimum absolute atomic E-state index is 0.110. The number of benzene rings is 2. The number of rotatable bonds is 7. The second-order valence-electron chi connectivity index (χ2n) is 9.55. The molecule has 0 aliphatic rings. The predicted molar refractivity (Wildman–Crippen MR) is 149 cm³/mol. The van der Waals surface area contributed by atoms with Crippen LogP contribution in [0.1, 0.15) is 0 Å². The van der Waals surface area contributed by atoms with Gasteiger partial charge in [-0.3, -0.25) is 15.1 Å². The van der Waals surface area contributed by atoms with Crippen LogP contribution in [0.2, 0.25) is 0 Å². The van der Waals surface area contributed by atoms with Gasteiger partial charge in [0.25, 0.3) is 0 Å². The van der Waals surface area contributed by atoms with Crippen molar-refractivity contribution < 1.29 is 9.50 Å². The van der Waals surface area contributed by atoms with Gasteiger partial charge < -0.3 is 20.3 Å². The molecule has 0 unspecified atom stereocenters. The zero-order valence-electron chi connectivity index (χ0n) is 21.0. The number of likely N-dealkylation sites (N-methyl/N-ethyl adjacent to an activating group) is 1. The van der Waals surface area contributed by atoms with Crippen molar-refractivity contribution in [3.8, 4) is 39.4 Å². The number of H-pyrrole nitrogens is 2. The van der Waals surface area contributed by atoms with Gasteiger partial charge in [0, 0.05) is 53.1 Å². The van der Waals surface area contributed by atoms with Gasteiger partial charge in [0.15, 0.2) is 0 Å². The number of fused-ring (bicyclic) bond motifs is 2. The highest BCUT2D eigenvalue weighted by Crippen LogP contribution is 2.36. The number of nitrogens with zero attached hydrogens (tertiary/aromatic N) is 4. The molecule has 0 aliphatic carbocycles. The number of pyridine rings is 2. The maximum absolute atomic E-state index is 14.6. The van der Waals surface area contributed by atoms with Gasteiger partial charge in [0.2, 0.25) is 0 Å². The van der Waals surface area contributed by atoms with Crippen molar-refractivity contribution in [1.29, 1.82) is 0 Å². The summed E-state index contributed by atoms with van der Waals surface area (Å²) in [5, 5.41) is 22.7. The third-order valence-electron chi connectivity index (χ3n) is 6.52. The average Bonchev–Trinajstić information content (AvgIpc) is 3.51. The van der Waals surface area contributed by atoms with Crippen LogP contribution in [0.4, 0.5) is 10.1 Å². The van der Waals surface area contributed by atoms with Crippen molar-refractivity contribution in [2.45, 2.75) is 0 Å². The first-order chi connectivity index (χ1) is 18.4. The molecule has 0 fully saturated rings. The van der Waals surface area contributed by atoms with Crippen LogP contribution >= 0.6 is 0 Å². The zero-order valence-corrected chi connectivity index (χ0v) is 21.0. The maximum Gasteiger partial charge on any atom is 0.134 e. The lowest BCUT2D eigenvalue weighted by atomic mass is 10.0. The van der Waals surface area contributed by atoms with Crippen LogP contribution in [0.25, 0.3) is 55.4 Å². The number of halogens is 1. The Morgan fingerprint density at radius 1 is 0.868 bits per heavy atom. The summed E-state index contributed by atoms with van der Waals surface area (Å²) < 4.78 is 14.6. The molecule has 0 saturated heterocycles. The molecular formula is C29H26FN7O. The summed E-state index contributed by atoms with van der Waals surface area (Å²) in [5.74, 6) is -0.200. The van der Waals surface area contributed by atoms with Crippen molar-refractivity contribution in [2.24, 2.45) is 0 Å². The smallest absolute Gasteiger partial charge is 0.134 e. The second kappa shape index (κ2) is 9.60. The fourth-order valence-electron chi connectivity index (χ4n) is 4.66. The van der Waals surface area contributed by atoms with Gasteiger partial charge in [0.05, 0.1) is 29.1 Å². The highest BCUT2D eigenvalue weighted by molar-refractivity contribution is 6.01. The standard InChI is InChI=1S/C29H26FN7O/c1-37(2)6-5-33-21-8-18(7-20(30)11-21)25-15-32-16-28-23(25)12-27(34-28)29-24-10-17(3-4-26(24)35-36-29)19-9-22(38)14-31-13-19/h3-4,7-16,33-34,38H,5-6H2,1-2H3,(H,35,36). The Balaban J connectivity index is 1.40. The van der Waals surface area contributed by atoms with E-state index in [2.05, 4.69) is 35.4 Å². The number of aromatic nitrogens is 5. The van der Waals surface area contributed by atoms with Gasteiger partial charge in [-0.15, -0.1) is 0 Å². The number of aromatic amines is 2. The number of anilines is 1. The van der Waals surface area contributed by atoms with E-state index in [1.807, 2.05) is 44.4 Å². The molecular weight excluding hydrogens is 481 g/mol. The molecule has 0 aliphatic heterocycles. The molecule has 190 valence electrons. The Labute approximate surface area is 218 Å². The molecule has 0 amide bonds. The minimum Gasteiger partial charge on any atom is -0.506 e. The lowest BCUT2D eigenvalue weighted by molar-refractivity contribution is 0.425. The summed E-state index contributed by atoms with van der Waals surface area (Å²) in [6.45, 7) is 1.55. The number of nitrogens with one attached hydrogen (secondary N) is 3. The summed E-state index contributed by atoms with van der Waals surface area (Å²) in [5.41, 5.74) is 7.29. The van der Waals surface area contributed by atoms with E-state index in [9.17, 15) is 9.50 Å². The first-order valence-electron chi connectivity index (χ1n) is 12.2. The van der Waals surface area contributed by atoms with Crippen LogP contribution in [-0.4, -0.2) is 62.3 Å². The zero-order chi connectivity index (χ0) is 26.2. The average molecular weight is 508 g/mol. The largest absolute Gasteiger partial charge is 0.506 e. The molecule has 0 bridgehead atoms. The van der Waals surface area contributed by atoms with Gasteiger partial charge in [-0.1, -0.05) is 6.07 Å². The van der Waals surface area contributed by atoms with Crippen LogP contribution in [-0.2, 0) is 0 Å². The predicted octanol–water partition coefficient (Wildman–Crippen LogP) is 5.65. The number of hydrogen-bond donors (Lipinski definition) is 4. The van der Waals surface area contributed by atoms with Crippen LogP contribution in [0.15, 0.2) is 73.3 Å². The fourth-order valence-corrected chi connectivity index (χ4v) is 4.66. The Kier molecular flexibility index (Phi) is 5.97. The summed E-state index contributed by atoms with van der Waals surface area (Å²) in [7, 11) is 4.00. The molecule has 9 heteroatoms. The molecule has 6 aromatic rings. The Morgan fingerprint density at radius 3 is 2.58 bits per heavy atom. The van der Waals surface area contributed by atoms with E-state index in [0.717, 1.165) is 67.7 Å². The van der Waals surface area contributed by atoms with E-state index >= 15 is 0 Å². The molecule has 0 atom stereocenters. The molecule has 8 nitrogen and oxygen atoms in total. The first kappa shape index (κ1) is 23.6. The van der Waals surface area contributed by atoms with E-state index in [4.69, 9.17) is 0 Å². The van der Waals surface area contributed by atoms with Crippen LogP contribution in [0.3, 0.4) is 0 Å². The van der Waals surface area contributed by atoms with Gasteiger partial charge in [-0.05, 0) is 67.7 Å². The summed E-state index contributed by atoms with van der Waals surface area (Å²) in [4.78, 5) is 14.0. The minimum atomic E-state index is -0.310. The van der Waals surface area contributed by atoms with Crippen LogP contribution in [0, 0.1) is 5.82 Å². The van der Waals surface area contributed by atoms with E-state index in [-0.39, 0.29) is 11.6 Å². The lowest BCUT2D eigenvalue weighted by Crippen LogP contribution is -2.20. The molecule has 4 N–H and O–H groups in total. The first-order valence-corrected chi connectivity index (χ1v) is 12.2. The monoisotopic (exact) mass is 507 g/mol. The molecule has 6 rings (SSSR count). The van der Waals surface area contributed by atoms with E-state index < -0.39 is 0 Å². The quantitative estimate of drug-likeness (QED) is 0.222. The van der Waals surface area contributed by atoms with Gasteiger partial charge >= 0.3 is 0 Å². The summed E-state index contributed by atoms with van der Waals surface area (Å²) in [6.07, 6.45) is 6.64. The third kappa shape index (κ3) is 4.55. The highest BCUT2D eigenvalue weighted by atomic mass is 19.1. The SMILES string of the molecule is CN(C)CCNc1cc(F)cc(-c2cncc3[nH]c(-c4n[nH]c5ccc(-c6cncc(O)c6)cc45)cc23)c1. The second-order valence-corrected chi connectivity index (χ2v) is 9.55. The normalized spacial score (nSPS) is 11.6. The summed E-state index contributed by atoms with van der Waals surface area (Å²) >= 11 is 0. The Bertz CT molecular complexity index is 1770. The van der Waals surface area contributed by atoms with Crippen LogP contribution in [0.5, 0.6) is 5.75 Å². The number of aromatic hydroxyl groups is 1. The molecule has 4 aromatic heterocycles. The topological polar surface area (TPSA) is 106 Å². The Hall–Kier alpha value is -4.76. The van der Waals surface area contributed by atoms with Gasteiger partial charge in [0.1, 0.15) is 17.3 Å². The van der Waals surface area contributed by atoms with E-state index in [1.165, 1.54) is 18.3 Å². The number of hydrogen-bond acceptors (Lipinski definition) is 6. The summed E-state index contributed by atoms with van der Waals surface area (Å²) in [6, 6.07) is 14.6.